The molecule has 0 spiro atoms. The molecule has 2 aromatic rings. The molecular formula is C17H20F2N4O. The molecule has 1 fully saturated rings. The van der Waals surface area contributed by atoms with Gasteiger partial charge in [-0.3, -0.25) is 4.79 Å². The van der Waals surface area contributed by atoms with Crippen LogP contribution in [-0.4, -0.2) is 38.2 Å². The highest BCUT2D eigenvalue weighted by molar-refractivity contribution is 5.94. The first-order chi connectivity index (χ1) is 11.6. The minimum absolute atomic E-state index is 0.0904. The molecular weight excluding hydrogens is 314 g/mol. The Morgan fingerprint density at radius 3 is 2.92 bits per heavy atom. The fourth-order valence-electron chi connectivity index (χ4n) is 3.23. The normalized spacial score (nSPS) is 17.5. The predicted molar refractivity (Wildman–Crippen MR) is 84.4 cm³/mol. The first-order valence-corrected chi connectivity index (χ1v) is 8.23. The van der Waals surface area contributed by atoms with Gasteiger partial charge in [-0.2, -0.15) is 0 Å². The number of halogens is 2. The Bertz CT molecular complexity index is 731. The fraction of sp³-hybridized carbons (Fsp3) is 0.471. The molecule has 24 heavy (non-hydrogen) atoms. The minimum Gasteiger partial charge on any atom is -0.336 e. The Morgan fingerprint density at radius 1 is 1.33 bits per heavy atom. The van der Waals surface area contributed by atoms with E-state index in [1.807, 2.05) is 11.5 Å². The number of rotatable bonds is 5. The molecule has 1 aromatic heterocycles. The topological polar surface area (TPSA) is 51.0 Å². The number of nitrogens with zero attached hydrogens (tertiary/aromatic N) is 4. The highest BCUT2D eigenvalue weighted by atomic mass is 19.2. The van der Waals surface area contributed by atoms with Crippen molar-refractivity contribution >= 4 is 5.91 Å². The number of likely N-dealkylation sites (tertiary alicyclic amines) is 1. The van der Waals surface area contributed by atoms with Crippen molar-refractivity contribution in [1.82, 2.24) is 19.7 Å². The number of benzene rings is 1. The van der Waals surface area contributed by atoms with Crippen LogP contribution in [0.25, 0.3) is 0 Å². The van der Waals surface area contributed by atoms with Gasteiger partial charge in [0.1, 0.15) is 12.2 Å². The third-order valence-corrected chi connectivity index (χ3v) is 4.54. The second-order valence-electron chi connectivity index (χ2n) is 6.00. The van der Waals surface area contributed by atoms with Crippen LogP contribution >= 0.6 is 0 Å². The van der Waals surface area contributed by atoms with Crippen LogP contribution in [0.15, 0.2) is 24.5 Å². The number of amides is 1. The van der Waals surface area contributed by atoms with E-state index in [0.717, 1.165) is 50.2 Å². The van der Waals surface area contributed by atoms with E-state index < -0.39 is 11.6 Å². The van der Waals surface area contributed by atoms with E-state index >= 15 is 0 Å². The molecule has 7 heteroatoms. The van der Waals surface area contributed by atoms with Crippen LogP contribution in [0.4, 0.5) is 8.78 Å². The molecule has 1 aliphatic heterocycles. The smallest absolute Gasteiger partial charge is 0.254 e. The lowest BCUT2D eigenvalue weighted by Gasteiger charge is -2.25. The van der Waals surface area contributed by atoms with Crippen molar-refractivity contribution in [2.24, 2.45) is 0 Å². The average Bonchev–Trinajstić information content (AvgIpc) is 3.23. The van der Waals surface area contributed by atoms with Crippen LogP contribution in [0.1, 0.15) is 42.4 Å². The van der Waals surface area contributed by atoms with Gasteiger partial charge < -0.3 is 9.47 Å². The Hall–Kier alpha value is -2.31. The van der Waals surface area contributed by atoms with Crippen LogP contribution in [0, 0.1) is 11.6 Å². The number of hydrogen-bond donors (Lipinski definition) is 0. The summed E-state index contributed by atoms with van der Waals surface area (Å²) >= 11 is 0. The third kappa shape index (κ3) is 3.29. The molecule has 1 aromatic carbocycles. The summed E-state index contributed by atoms with van der Waals surface area (Å²) in [5.41, 5.74) is 0.192. The van der Waals surface area contributed by atoms with Gasteiger partial charge in [0.2, 0.25) is 0 Å². The molecule has 0 saturated carbocycles. The zero-order valence-electron chi connectivity index (χ0n) is 13.6. The maximum Gasteiger partial charge on any atom is 0.254 e. The van der Waals surface area contributed by atoms with Crippen molar-refractivity contribution in [3.8, 4) is 0 Å². The van der Waals surface area contributed by atoms with Crippen LogP contribution in [0.5, 0.6) is 0 Å². The summed E-state index contributed by atoms with van der Waals surface area (Å²) in [5.74, 6) is -1.27. The highest BCUT2D eigenvalue weighted by Gasteiger charge is 2.29. The molecule has 5 nitrogen and oxygen atoms in total. The van der Waals surface area contributed by atoms with Crippen LogP contribution in [0.2, 0.25) is 0 Å². The van der Waals surface area contributed by atoms with E-state index in [1.165, 1.54) is 6.07 Å². The third-order valence-electron chi connectivity index (χ3n) is 4.54. The molecule has 128 valence electrons. The molecule has 0 aliphatic carbocycles. The van der Waals surface area contributed by atoms with Crippen molar-refractivity contribution < 1.29 is 13.6 Å². The molecule has 0 radical (unpaired) electrons. The summed E-state index contributed by atoms with van der Waals surface area (Å²) in [6.07, 6.45) is 5.05. The van der Waals surface area contributed by atoms with Crippen molar-refractivity contribution in [3.05, 3.63) is 47.5 Å². The lowest BCUT2D eigenvalue weighted by atomic mass is 10.1. The largest absolute Gasteiger partial charge is 0.336 e. The second-order valence-corrected chi connectivity index (χ2v) is 6.00. The molecule has 1 atom stereocenters. The van der Waals surface area contributed by atoms with Crippen molar-refractivity contribution in [2.75, 3.05) is 6.54 Å². The zero-order valence-corrected chi connectivity index (χ0v) is 13.6. The molecule has 3 rings (SSSR count). The van der Waals surface area contributed by atoms with Gasteiger partial charge in [0.25, 0.3) is 5.91 Å². The van der Waals surface area contributed by atoms with E-state index in [0.29, 0.717) is 6.54 Å². The molecule has 0 N–H and O–H groups in total. The molecule has 2 heterocycles. The van der Waals surface area contributed by atoms with Gasteiger partial charge >= 0.3 is 0 Å². The maximum absolute atomic E-state index is 13.4. The van der Waals surface area contributed by atoms with Crippen LogP contribution in [-0.2, 0) is 13.0 Å². The van der Waals surface area contributed by atoms with E-state index in [4.69, 9.17) is 0 Å². The lowest BCUT2D eigenvalue weighted by Crippen LogP contribution is -2.36. The summed E-state index contributed by atoms with van der Waals surface area (Å²) in [4.78, 5) is 14.4. The molecule has 1 aliphatic rings. The minimum atomic E-state index is -0.993. The lowest BCUT2D eigenvalue weighted by molar-refractivity contribution is 0.0729. The quantitative estimate of drug-likeness (QED) is 0.845. The number of aryl methyl sites for hydroxylation is 2. The Kier molecular flexibility index (Phi) is 4.87. The Balaban J connectivity index is 1.68. The molecule has 0 bridgehead atoms. The van der Waals surface area contributed by atoms with Gasteiger partial charge in [0.05, 0.1) is 0 Å². The van der Waals surface area contributed by atoms with Crippen LogP contribution in [0.3, 0.4) is 0 Å². The van der Waals surface area contributed by atoms with Gasteiger partial charge in [-0.05, 0) is 44.4 Å². The molecule has 1 unspecified atom stereocenters. The Labute approximate surface area is 139 Å². The molecule has 1 amide bonds. The van der Waals surface area contributed by atoms with Gasteiger partial charge in [-0.25, -0.2) is 8.78 Å². The summed E-state index contributed by atoms with van der Waals surface area (Å²) in [6.45, 7) is 3.48. The zero-order chi connectivity index (χ0) is 17.1. The van der Waals surface area contributed by atoms with Gasteiger partial charge in [-0.1, -0.05) is 0 Å². The van der Waals surface area contributed by atoms with Gasteiger partial charge in [0, 0.05) is 31.1 Å². The van der Waals surface area contributed by atoms with Gasteiger partial charge in [-0.15, -0.1) is 10.2 Å². The fourth-order valence-corrected chi connectivity index (χ4v) is 3.23. The molecule has 1 saturated heterocycles. The number of hydrogen-bond acceptors (Lipinski definition) is 3. The predicted octanol–water partition coefficient (Wildman–Crippen LogP) is 2.81. The van der Waals surface area contributed by atoms with E-state index in [-0.39, 0.29) is 17.5 Å². The van der Waals surface area contributed by atoms with E-state index in [9.17, 15) is 13.6 Å². The first-order valence-electron chi connectivity index (χ1n) is 8.23. The number of carbonyl (C=O) groups is 1. The SMILES string of the molecule is CCn1cnnc1CCC1CCCN1C(=O)c1ccc(F)c(F)c1. The van der Waals surface area contributed by atoms with Crippen molar-refractivity contribution in [3.63, 3.8) is 0 Å². The maximum atomic E-state index is 13.4. The average molecular weight is 334 g/mol. The first kappa shape index (κ1) is 16.5. The standard InChI is InChI=1S/C17H20F2N4O/c1-2-22-11-20-21-16(22)8-6-13-4-3-9-23(13)17(24)12-5-7-14(18)15(19)10-12/h5,7,10-11,13H,2-4,6,8-9H2,1H3. The summed E-state index contributed by atoms with van der Waals surface area (Å²) in [5, 5.41) is 8.03. The monoisotopic (exact) mass is 334 g/mol. The summed E-state index contributed by atoms with van der Waals surface area (Å²) in [6, 6.07) is 3.40. The summed E-state index contributed by atoms with van der Waals surface area (Å²) in [7, 11) is 0. The van der Waals surface area contributed by atoms with Gasteiger partial charge in [0.15, 0.2) is 11.6 Å². The Morgan fingerprint density at radius 2 is 2.17 bits per heavy atom. The highest BCUT2D eigenvalue weighted by Crippen LogP contribution is 2.24. The van der Waals surface area contributed by atoms with Crippen molar-refractivity contribution in [1.29, 1.82) is 0 Å². The van der Waals surface area contributed by atoms with Crippen LogP contribution < -0.4 is 0 Å². The summed E-state index contributed by atoms with van der Waals surface area (Å²) < 4.78 is 28.4. The van der Waals surface area contributed by atoms with E-state index in [2.05, 4.69) is 10.2 Å². The van der Waals surface area contributed by atoms with E-state index in [1.54, 1.807) is 11.2 Å². The van der Waals surface area contributed by atoms with Crippen molar-refractivity contribution in [2.45, 2.75) is 45.2 Å². The number of aromatic nitrogens is 3. The number of carbonyl (C=O) groups excluding carboxylic acids is 1. The second kappa shape index (κ2) is 7.07.